The van der Waals surface area contributed by atoms with E-state index in [9.17, 15) is 9.59 Å². The summed E-state index contributed by atoms with van der Waals surface area (Å²) in [7, 11) is 1.35. The van der Waals surface area contributed by atoms with E-state index in [4.69, 9.17) is 4.74 Å². The molecule has 0 fully saturated rings. The number of ether oxygens (including phenoxy) is 1. The third kappa shape index (κ3) is 5.73. The number of benzene rings is 2. The van der Waals surface area contributed by atoms with Crippen LogP contribution < -0.4 is 10.2 Å². The van der Waals surface area contributed by atoms with E-state index in [-0.39, 0.29) is 11.9 Å². The van der Waals surface area contributed by atoms with Gasteiger partial charge in [0.25, 0.3) is 5.91 Å². The third-order valence-corrected chi connectivity index (χ3v) is 5.32. The van der Waals surface area contributed by atoms with Crippen molar-refractivity contribution < 1.29 is 19.2 Å². The van der Waals surface area contributed by atoms with E-state index in [1.807, 2.05) is 35.7 Å². The molecule has 3 rings (SSSR count). The monoisotopic (exact) mass is 410 g/mol. The average Bonchev–Trinajstić information content (AvgIpc) is 3.21. The van der Waals surface area contributed by atoms with Crippen molar-refractivity contribution in [1.29, 1.82) is 0 Å². The first-order valence-electron chi connectivity index (χ1n) is 9.40. The fourth-order valence-corrected chi connectivity index (χ4v) is 3.68. The van der Waals surface area contributed by atoms with Crippen molar-refractivity contribution >= 4 is 28.3 Å². The van der Waals surface area contributed by atoms with E-state index in [0.717, 1.165) is 24.3 Å². The van der Waals surface area contributed by atoms with E-state index in [2.05, 4.69) is 29.4 Å². The molecule has 150 valence electrons. The van der Waals surface area contributed by atoms with Crippen LogP contribution >= 0.6 is 11.3 Å². The molecule has 1 amide bonds. The highest BCUT2D eigenvalue weighted by Gasteiger charge is 2.15. The van der Waals surface area contributed by atoms with Gasteiger partial charge in [-0.1, -0.05) is 42.5 Å². The number of nitrogens with one attached hydrogen (secondary N) is 2. The highest BCUT2D eigenvalue weighted by atomic mass is 32.1. The Bertz CT molecular complexity index is 955. The first kappa shape index (κ1) is 20.7. The van der Waals surface area contributed by atoms with Crippen LogP contribution in [0.3, 0.4) is 0 Å². The van der Waals surface area contributed by atoms with Crippen LogP contribution in [-0.4, -0.2) is 37.1 Å². The molecule has 7 heteroatoms. The van der Waals surface area contributed by atoms with Gasteiger partial charge in [-0.05, 0) is 19.1 Å². The van der Waals surface area contributed by atoms with E-state index in [1.54, 1.807) is 12.1 Å². The number of likely N-dealkylation sites (N-methyl/N-ethyl adjacent to an activating group) is 1. The van der Waals surface area contributed by atoms with Gasteiger partial charge in [-0.15, -0.1) is 11.3 Å². The maximum Gasteiger partial charge on any atom is 0.337 e. The predicted octanol–water partition coefficient (Wildman–Crippen LogP) is 2.64. The van der Waals surface area contributed by atoms with Crippen LogP contribution in [0.4, 0.5) is 5.13 Å². The highest BCUT2D eigenvalue weighted by Crippen LogP contribution is 2.25. The summed E-state index contributed by atoms with van der Waals surface area (Å²) in [6.45, 7) is 4.12. The van der Waals surface area contributed by atoms with Crippen molar-refractivity contribution in [3.8, 4) is 11.3 Å². The van der Waals surface area contributed by atoms with Gasteiger partial charge in [0.05, 0.1) is 24.9 Å². The summed E-state index contributed by atoms with van der Waals surface area (Å²) in [6, 6.07) is 17.2. The summed E-state index contributed by atoms with van der Waals surface area (Å²) < 4.78 is 4.71. The van der Waals surface area contributed by atoms with Gasteiger partial charge in [-0.3, -0.25) is 10.1 Å². The van der Waals surface area contributed by atoms with Gasteiger partial charge in [0, 0.05) is 16.5 Å². The number of hydrogen-bond donors (Lipinski definition) is 2. The maximum absolute atomic E-state index is 12.5. The summed E-state index contributed by atoms with van der Waals surface area (Å²) in [5.74, 6) is -0.430. The Hall–Kier alpha value is -3.03. The number of nitrogens with zero attached hydrogens (tertiary/aromatic N) is 1. The lowest BCUT2D eigenvalue weighted by Gasteiger charge is -2.16. The summed E-state index contributed by atoms with van der Waals surface area (Å²) in [4.78, 5) is 29.7. The minimum Gasteiger partial charge on any atom is -0.465 e. The molecule has 2 aromatic carbocycles. The molecule has 0 spiro atoms. The standard InChI is InChI=1S/C22H23N3O3S/c1-3-25(13-16-7-5-4-6-8-16)14-20(26)24-22-23-19(15-29-22)17-9-11-18(12-10-17)21(27)28-2/h4-12,15H,3,13-14H2,1-2H3,(H,23,24,26)/p+1. The Morgan fingerprint density at radius 2 is 1.83 bits per heavy atom. The van der Waals surface area contributed by atoms with Gasteiger partial charge in [0.15, 0.2) is 11.7 Å². The molecule has 0 saturated carbocycles. The Balaban J connectivity index is 1.59. The van der Waals surface area contributed by atoms with Gasteiger partial charge in [-0.25, -0.2) is 9.78 Å². The summed E-state index contributed by atoms with van der Waals surface area (Å²) in [5, 5.41) is 5.35. The zero-order chi connectivity index (χ0) is 20.6. The molecule has 1 atom stereocenters. The van der Waals surface area contributed by atoms with Gasteiger partial charge < -0.3 is 9.64 Å². The van der Waals surface area contributed by atoms with Crippen LogP contribution in [0.1, 0.15) is 22.8 Å². The highest BCUT2D eigenvalue weighted by molar-refractivity contribution is 7.14. The van der Waals surface area contributed by atoms with Gasteiger partial charge in [-0.2, -0.15) is 0 Å². The number of rotatable bonds is 8. The number of amides is 1. The molecule has 0 aliphatic rings. The molecule has 0 radical (unpaired) electrons. The molecule has 0 bridgehead atoms. The number of thiazole rings is 1. The van der Waals surface area contributed by atoms with Crippen LogP contribution in [0.5, 0.6) is 0 Å². The van der Waals surface area contributed by atoms with Crippen molar-refractivity contribution in [2.24, 2.45) is 0 Å². The van der Waals surface area contributed by atoms with Gasteiger partial charge >= 0.3 is 5.97 Å². The second-order valence-electron chi connectivity index (χ2n) is 6.60. The molecule has 0 aliphatic carbocycles. The number of anilines is 1. The van der Waals surface area contributed by atoms with Crippen LogP contribution in [-0.2, 0) is 16.1 Å². The molecule has 1 unspecified atom stereocenters. The van der Waals surface area contributed by atoms with Gasteiger partial charge in [0.2, 0.25) is 0 Å². The molecule has 1 heterocycles. The van der Waals surface area contributed by atoms with Gasteiger partial charge in [0.1, 0.15) is 6.54 Å². The second-order valence-corrected chi connectivity index (χ2v) is 7.46. The number of methoxy groups -OCH3 is 1. The third-order valence-electron chi connectivity index (χ3n) is 4.56. The molecular weight excluding hydrogens is 386 g/mol. The quantitative estimate of drug-likeness (QED) is 0.560. The summed E-state index contributed by atoms with van der Waals surface area (Å²) in [6.07, 6.45) is 0. The molecule has 3 aromatic rings. The number of aromatic nitrogens is 1. The Morgan fingerprint density at radius 3 is 2.48 bits per heavy atom. The van der Waals surface area contributed by atoms with E-state index in [0.29, 0.717) is 17.2 Å². The lowest BCUT2D eigenvalue weighted by atomic mass is 10.1. The zero-order valence-corrected chi connectivity index (χ0v) is 17.3. The molecule has 2 N–H and O–H groups in total. The Morgan fingerprint density at radius 1 is 1.10 bits per heavy atom. The van der Waals surface area contributed by atoms with E-state index >= 15 is 0 Å². The van der Waals surface area contributed by atoms with E-state index < -0.39 is 0 Å². The fourth-order valence-electron chi connectivity index (χ4n) is 2.95. The number of hydrogen-bond acceptors (Lipinski definition) is 5. The van der Waals surface area contributed by atoms with Crippen LogP contribution in [0, 0.1) is 0 Å². The number of carbonyl (C=O) groups excluding carboxylic acids is 2. The predicted molar refractivity (Wildman–Crippen MR) is 114 cm³/mol. The Kier molecular flexibility index (Phi) is 7.10. The first-order valence-corrected chi connectivity index (χ1v) is 10.3. The normalized spacial score (nSPS) is 11.7. The van der Waals surface area contributed by atoms with E-state index in [1.165, 1.54) is 28.9 Å². The lowest BCUT2D eigenvalue weighted by molar-refractivity contribution is -0.903. The topological polar surface area (TPSA) is 72.7 Å². The number of quaternary nitrogens is 1. The van der Waals surface area contributed by atoms with Crippen LogP contribution in [0.25, 0.3) is 11.3 Å². The lowest BCUT2D eigenvalue weighted by Crippen LogP contribution is -3.11. The first-order chi connectivity index (χ1) is 14.1. The van der Waals surface area contributed by atoms with Crippen molar-refractivity contribution in [3.63, 3.8) is 0 Å². The largest absolute Gasteiger partial charge is 0.465 e. The minimum atomic E-state index is -0.374. The molecule has 0 aliphatic heterocycles. The summed E-state index contributed by atoms with van der Waals surface area (Å²) in [5.41, 5.74) is 3.33. The van der Waals surface area contributed by atoms with Crippen molar-refractivity contribution in [2.45, 2.75) is 13.5 Å². The van der Waals surface area contributed by atoms with Crippen molar-refractivity contribution in [2.75, 3.05) is 25.5 Å². The smallest absolute Gasteiger partial charge is 0.337 e. The summed E-state index contributed by atoms with van der Waals surface area (Å²) >= 11 is 1.38. The molecule has 29 heavy (non-hydrogen) atoms. The number of esters is 1. The van der Waals surface area contributed by atoms with Crippen LogP contribution in [0.2, 0.25) is 0 Å². The molecule has 1 aromatic heterocycles. The molecule has 0 saturated heterocycles. The number of carbonyl (C=O) groups is 2. The second kappa shape index (κ2) is 9.95. The molecular formula is C22H24N3O3S+. The minimum absolute atomic E-state index is 0.0558. The maximum atomic E-state index is 12.5. The molecule has 6 nitrogen and oxygen atoms in total. The van der Waals surface area contributed by atoms with Crippen LogP contribution in [0.15, 0.2) is 60.0 Å². The fraction of sp³-hybridized carbons (Fsp3) is 0.227. The SMILES string of the molecule is CC[NH+](CC(=O)Nc1nc(-c2ccc(C(=O)OC)cc2)cs1)Cc1ccccc1. The average molecular weight is 411 g/mol. The van der Waals surface area contributed by atoms with Crippen molar-refractivity contribution in [3.05, 3.63) is 71.1 Å². The Labute approximate surface area is 174 Å². The zero-order valence-electron chi connectivity index (χ0n) is 16.5. The van der Waals surface area contributed by atoms with Crippen molar-refractivity contribution in [1.82, 2.24) is 4.98 Å².